The molecule has 0 aromatic heterocycles. The lowest BCUT2D eigenvalue weighted by Gasteiger charge is -2.48. The lowest BCUT2D eigenvalue weighted by atomic mass is 9.97. The molecule has 0 spiro atoms. The normalized spacial score (nSPS) is 25.4. The van der Waals surface area contributed by atoms with E-state index in [1.165, 1.54) is 6.42 Å². The Morgan fingerprint density at radius 3 is 2.70 bits per heavy atom. The summed E-state index contributed by atoms with van der Waals surface area (Å²) in [6.07, 6.45) is 6.43. The Hall–Kier alpha value is -2.37. The quantitative estimate of drug-likeness (QED) is 0.763. The Morgan fingerprint density at radius 1 is 1.19 bits per heavy atom. The number of carbonyl (C=O) groups excluding carboxylic acids is 3. The van der Waals surface area contributed by atoms with Crippen LogP contribution in [0.3, 0.4) is 0 Å². The monoisotopic (exact) mass is 370 g/mol. The molecule has 1 unspecified atom stereocenters. The summed E-state index contributed by atoms with van der Waals surface area (Å²) >= 11 is 0. The first-order valence-electron chi connectivity index (χ1n) is 9.94. The van der Waals surface area contributed by atoms with E-state index in [2.05, 4.69) is 0 Å². The third-order valence-electron chi connectivity index (χ3n) is 6.14. The molecule has 0 radical (unpaired) electrons. The molecule has 0 N–H and O–H groups in total. The molecule has 1 aromatic carbocycles. The second kappa shape index (κ2) is 6.98. The van der Waals surface area contributed by atoms with Crippen molar-refractivity contribution >= 4 is 23.5 Å². The van der Waals surface area contributed by atoms with Crippen LogP contribution in [0.5, 0.6) is 0 Å². The summed E-state index contributed by atoms with van der Waals surface area (Å²) in [7, 11) is 0. The minimum atomic E-state index is -0.715. The fourth-order valence-corrected chi connectivity index (χ4v) is 4.67. The fourth-order valence-electron chi connectivity index (χ4n) is 4.67. The number of anilines is 1. The van der Waals surface area contributed by atoms with Gasteiger partial charge in [0.2, 0.25) is 5.91 Å². The number of hydrogen-bond donors (Lipinski definition) is 0. The molecule has 4 rings (SSSR count). The van der Waals surface area contributed by atoms with Gasteiger partial charge in [0.1, 0.15) is 11.8 Å². The highest BCUT2D eigenvalue weighted by atomic mass is 16.5. The van der Waals surface area contributed by atoms with Gasteiger partial charge in [0.25, 0.3) is 5.91 Å². The van der Waals surface area contributed by atoms with Crippen LogP contribution in [-0.4, -0.2) is 41.0 Å². The largest absolute Gasteiger partial charge is 0.462 e. The van der Waals surface area contributed by atoms with E-state index < -0.39 is 5.66 Å². The van der Waals surface area contributed by atoms with Crippen LogP contribution in [0.2, 0.25) is 0 Å². The number of nitrogens with zero attached hydrogens (tertiary/aromatic N) is 2. The maximum absolute atomic E-state index is 13.1. The van der Waals surface area contributed by atoms with Crippen molar-refractivity contribution in [2.75, 3.05) is 11.4 Å². The molecule has 2 heterocycles. The van der Waals surface area contributed by atoms with Gasteiger partial charge in [-0.2, -0.15) is 0 Å². The van der Waals surface area contributed by atoms with Crippen molar-refractivity contribution in [1.29, 1.82) is 0 Å². The molecule has 1 atom stereocenters. The molecule has 144 valence electrons. The van der Waals surface area contributed by atoms with E-state index in [1.54, 1.807) is 21.9 Å². The van der Waals surface area contributed by atoms with Gasteiger partial charge in [-0.05, 0) is 51.2 Å². The summed E-state index contributed by atoms with van der Waals surface area (Å²) < 4.78 is 5.60. The minimum Gasteiger partial charge on any atom is -0.462 e. The van der Waals surface area contributed by atoms with Gasteiger partial charge in [-0.25, -0.2) is 0 Å². The van der Waals surface area contributed by atoms with Gasteiger partial charge in [0.15, 0.2) is 0 Å². The summed E-state index contributed by atoms with van der Waals surface area (Å²) in [5, 5.41) is 0. The maximum Gasteiger partial charge on any atom is 0.307 e. The highest BCUT2D eigenvalue weighted by molar-refractivity contribution is 6.10. The van der Waals surface area contributed by atoms with Crippen LogP contribution >= 0.6 is 0 Å². The highest BCUT2D eigenvalue weighted by Gasteiger charge is 2.52. The molecule has 27 heavy (non-hydrogen) atoms. The predicted octanol–water partition coefficient (Wildman–Crippen LogP) is 3.25. The van der Waals surface area contributed by atoms with Gasteiger partial charge < -0.3 is 9.64 Å². The number of para-hydroxylation sites is 1. The predicted molar refractivity (Wildman–Crippen MR) is 100 cm³/mol. The summed E-state index contributed by atoms with van der Waals surface area (Å²) in [5.41, 5.74) is 0.479. The van der Waals surface area contributed by atoms with Gasteiger partial charge in [0, 0.05) is 13.0 Å². The number of rotatable bonds is 4. The lowest BCUT2D eigenvalue weighted by Crippen LogP contribution is -2.62. The van der Waals surface area contributed by atoms with Gasteiger partial charge in [-0.1, -0.05) is 18.6 Å². The van der Waals surface area contributed by atoms with E-state index in [0.717, 1.165) is 25.7 Å². The number of ether oxygens (including phenoxy) is 1. The van der Waals surface area contributed by atoms with Crippen molar-refractivity contribution in [2.45, 2.75) is 70.1 Å². The molecule has 1 saturated heterocycles. The van der Waals surface area contributed by atoms with Crippen molar-refractivity contribution in [3.8, 4) is 0 Å². The molecule has 1 aromatic rings. The molecule has 1 saturated carbocycles. The number of fused-ring (bicyclic) bond motifs is 3. The van der Waals surface area contributed by atoms with Crippen molar-refractivity contribution in [2.24, 2.45) is 0 Å². The highest BCUT2D eigenvalue weighted by Crippen LogP contribution is 2.44. The van der Waals surface area contributed by atoms with E-state index in [0.29, 0.717) is 24.1 Å². The van der Waals surface area contributed by atoms with Crippen LogP contribution in [0.25, 0.3) is 0 Å². The summed E-state index contributed by atoms with van der Waals surface area (Å²) in [6.45, 7) is 2.18. The molecule has 2 aliphatic heterocycles. The lowest BCUT2D eigenvalue weighted by molar-refractivity contribution is -0.150. The molecule has 6 heteroatoms. The fraction of sp³-hybridized carbons (Fsp3) is 0.571. The van der Waals surface area contributed by atoms with Crippen molar-refractivity contribution in [3.05, 3.63) is 29.8 Å². The van der Waals surface area contributed by atoms with Crippen LogP contribution in [0.15, 0.2) is 24.3 Å². The topological polar surface area (TPSA) is 66.9 Å². The van der Waals surface area contributed by atoms with Crippen molar-refractivity contribution < 1.29 is 19.1 Å². The van der Waals surface area contributed by atoms with Gasteiger partial charge in [-0.15, -0.1) is 0 Å². The second-order valence-corrected chi connectivity index (χ2v) is 7.92. The summed E-state index contributed by atoms with van der Waals surface area (Å²) in [6, 6.07) is 7.21. The Balaban J connectivity index is 1.51. The van der Waals surface area contributed by atoms with Crippen LogP contribution in [0.1, 0.15) is 68.6 Å². The zero-order valence-electron chi connectivity index (χ0n) is 15.8. The van der Waals surface area contributed by atoms with Crippen LogP contribution < -0.4 is 4.90 Å². The maximum atomic E-state index is 13.1. The van der Waals surface area contributed by atoms with Gasteiger partial charge >= 0.3 is 5.97 Å². The zero-order valence-corrected chi connectivity index (χ0v) is 15.8. The third-order valence-corrected chi connectivity index (χ3v) is 6.14. The number of esters is 1. The Labute approximate surface area is 159 Å². The SMILES string of the molecule is CC12CCC(=O)N1c1ccccc1C(=O)N2CCC(=O)OC1CCCCC1. The molecule has 1 aliphatic carbocycles. The third kappa shape index (κ3) is 3.11. The number of carbonyl (C=O) groups is 3. The smallest absolute Gasteiger partial charge is 0.307 e. The standard InChI is InChI=1S/C21H26N2O4/c1-21-13-11-18(24)23(21)17-10-6-5-9-16(17)20(26)22(21)14-12-19(25)27-15-7-3-2-4-8-15/h5-6,9-10,15H,2-4,7-8,11-14H2,1H3. The van der Waals surface area contributed by atoms with Crippen molar-refractivity contribution in [3.63, 3.8) is 0 Å². The summed E-state index contributed by atoms with van der Waals surface area (Å²) in [4.78, 5) is 41.4. The van der Waals surface area contributed by atoms with Crippen LogP contribution in [0, 0.1) is 0 Å². The second-order valence-electron chi connectivity index (χ2n) is 7.92. The van der Waals surface area contributed by atoms with Gasteiger partial charge in [0.05, 0.1) is 17.7 Å². The Bertz CT molecular complexity index is 771. The van der Waals surface area contributed by atoms with E-state index in [4.69, 9.17) is 4.74 Å². The van der Waals surface area contributed by atoms with E-state index >= 15 is 0 Å². The van der Waals surface area contributed by atoms with Crippen molar-refractivity contribution in [1.82, 2.24) is 4.90 Å². The average molecular weight is 370 g/mol. The van der Waals surface area contributed by atoms with E-state index in [9.17, 15) is 14.4 Å². The molecule has 3 aliphatic rings. The number of amides is 2. The minimum absolute atomic E-state index is 0.0178. The number of hydrogen-bond acceptors (Lipinski definition) is 4. The molecular weight excluding hydrogens is 344 g/mol. The molecular formula is C21H26N2O4. The van der Waals surface area contributed by atoms with E-state index in [1.807, 2.05) is 19.1 Å². The van der Waals surface area contributed by atoms with E-state index in [-0.39, 0.29) is 36.9 Å². The molecule has 2 amide bonds. The molecule has 6 nitrogen and oxygen atoms in total. The van der Waals surface area contributed by atoms with Crippen LogP contribution in [0.4, 0.5) is 5.69 Å². The Kier molecular flexibility index (Phi) is 4.66. The molecule has 0 bridgehead atoms. The Morgan fingerprint density at radius 2 is 1.93 bits per heavy atom. The van der Waals surface area contributed by atoms with Gasteiger partial charge in [-0.3, -0.25) is 19.3 Å². The zero-order chi connectivity index (χ0) is 19.0. The number of benzene rings is 1. The first kappa shape index (κ1) is 18.0. The first-order chi connectivity index (χ1) is 13.0. The average Bonchev–Trinajstić information content (AvgIpc) is 2.98. The first-order valence-corrected chi connectivity index (χ1v) is 9.94. The summed E-state index contributed by atoms with van der Waals surface area (Å²) in [5.74, 6) is -0.357. The molecule has 2 fully saturated rings. The van der Waals surface area contributed by atoms with Crippen LogP contribution in [-0.2, 0) is 14.3 Å².